The molecule has 1 saturated carbocycles. The third-order valence-corrected chi connectivity index (χ3v) is 5.78. The fourth-order valence-corrected chi connectivity index (χ4v) is 3.83. The molecule has 3 N–H and O–H groups in total. The van der Waals surface area contributed by atoms with E-state index in [1.54, 1.807) is 6.20 Å². The van der Waals surface area contributed by atoms with Crippen molar-refractivity contribution in [2.45, 2.75) is 39.0 Å². The van der Waals surface area contributed by atoms with Gasteiger partial charge in [0, 0.05) is 31.0 Å². The molecule has 5 heteroatoms. The number of fused-ring (bicyclic) bond motifs is 1. The fraction of sp³-hybridized carbons (Fsp3) is 0.259. The quantitative estimate of drug-likeness (QED) is 0.432. The first-order chi connectivity index (χ1) is 15.6. The third-order valence-electron chi connectivity index (χ3n) is 5.78. The predicted octanol–water partition coefficient (Wildman–Crippen LogP) is 5.80. The number of aliphatic hydroxyl groups is 1. The second kappa shape index (κ2) is 10.7. The molecule has 2 aromatic heterocycles. The largest absolute Gasteiger partial charge is 0.400 e. The zero-order valence-corrected chi connectivity index (χ0v) is 19.1. The second-order valence-corrected chi connectivity index (χ2v) is 7.91. The third kappa shape index (κ3) is 4.89. The standard InChI is InChI=1S/C19H20N4.C7H8.CH4O/c1-3-13-7-8-15(11-12(13)2)16-17-18(20)21-9-10-23(17)19(22-16)14-5-4-6-14;1-7-5-3-2-4-6-7;1-2/h3,7-11,14H,1,4-6H2,2H3,(H2,20,21);2-6H,1H3;2H,1H3. The van der Waals surface area contributed by atoms with Gasteiger partial charge < -0.3 is 10.8 Å². The van der Waals surface area contributed by atoms with Crippen LogP contribution < -0.4 is 5.73 Å². The molecule has 0 aliphatic heterocycles. The number of anilines is 1. The van der Waals surface area contributed by atoms with E-state index in [2.05, 4.69) is 60.1 Å². The van der Waals surface area contributed by atoms with Crippen molar-refractivity contribution in [1.29, 1.82) is 0 Å². The smallest absolute Gasteiger partial charge is 0.150 e. The van der Waals surface area contributed by atoms with E-state index in [-0.39, 0.29) is 0 Å². The van der Waals surface area contributed by atoms with Crippen LogP contribution in [0.1, 0.15) is 47.7 Å². The summed E-state index contributed by atoms with van der Waals surface area (Å²) in [6.45, 7) is 8.03. The highest BCUT2D eigenvalue weighted by atomic mass is 16.2. The van der Waals surface area contributed by atoms with Gasteiger partial charge in [0.1, 0.15) is 22.9 Å². The molecule has 1 fully saturated rings. The summed E-state index contributed by atoms with van der Waals surface area (Å²) < 4.78 is 2.12. The molecule has 0 bridgehead atoms. The van der Waals surface area contributed by atoms with Crippen molar-refractivity contribution in [2.75, 3.05) is 12.8 Å². The van der Waals surface area contributed by atoms with Crippen molar-refractivity contribution in [3.63, 3.8) is 0 Å². The van der Waals surface area contributed by atoms with Crippen molar-refractivity contribution >= 4 is 17.4 Å². The van der Waals surface area contributed by atoms with Gasteiger partial charge in [0.15, 0.2) is 0 Å². The summed E-state index contributed by atoms with van der Waals surface area (Å²) in [4.78, 5) is 9.22. The molecule has 5 rings (SSSR count). The molecule has 5 nitrogen and oxygen atoms in total. The SMILES string of the molecule is C=Cc1ccc(-c2nc(C3CCC3)n3ccnc(N)c23)cc1C.CO.Cc1ccccc1. The maximum absolute atomic E-state index is 7.00. The molecule has 0 radical (unpaired) electrons. The molecule has 2 aromatic carbocycles. The van der Waals surface area contributed by atoms with Gasteiger partial charge >= 0.3 is 0 Å². The molecule has 32 heavy (non-hydrogen) atoms. The second-order valence-electron chi connectivity index (χ2n) is 7.91. The van der Waals surface area contributed by atoms with Gasteiger partial charge in [-0.05, 0) is 43.9 Å². The van der Waals surface area contributed by atoms with E-state index in [9.17, 15) is 0 Å². The summed E-state index contributed by atoms with van der Waals surface area (Å²) in [6.07, 6.45) is 9.29. The molecule has 0 amide bonds. The minimum atomic E-state index is 0.533. The summed E-state index contributed by atoms with van der Waals surface area (Å²) in [6, 6.07) is 16.6. The lowest BCUT2D eigenvalue weighted by atomic mass is 9.85. The van der Waals surface area contributed by atoms with Crippen LogP contribution in [0.4, 0.5) is 5.82 Å². The Bertz CT molecular complexity index is 1180. The lowest BCUT2D eigenvalue weighted by molar-refractivity contribution is 0.399. The molecule has 2 heterocycles. The Kier molecular flexibility index (Phi) is 7.79. The Morgan fingerprint density at radius 3 is 2.34 bits per heavy atom. The predicted molar refractivity (Wildman–Crippen MR) is 134 cm³/mol. The normalized spacial score (nSPS) is 12.8. The van der Waals surface area contributed by atoms with Gasteiger partial charge in [-0.25, -0.2) is 9.97 Å². The molecule has 1 aliphatic rings. The molecule has 166 valence electrons. The molecule has 0 atom stereocenters. The molecular weight excluding hydrogens is 396 g/mol. The van der Waals surface area contributed by atoms with Crippen molar-refractivity contribution in [3.8, 4) is 11.3 Å². The van der Waals surface area contributed by atoms with E-state index in [0.717, 1.165) is 35.3 Å². The molecule has 4 aromatic rings. The van der Waals surface area contributed by atoms with Gasteiger partial charge in [0.05, 0.1) is 0 Å². The first-order valence-corrected chi connectivity index (χ1v) is 10.9. The maximum atomic E-state index is 7.00. The number of rotatable bonds is 3. The van der Waals surface area contributed by atoms with Crippen molar-refractivity contribution < 1.29 is 5.11 Å². The zero-order valence-electron chi connectivity index (χ0n) is 19.1. The molecule has 0 unspecified atom stereocenters. The number of nitrogens with two attached hydrogens (primary N) is 1. The first kappa shape index (κ1) is 23.2. The minimum absolute atomic E-state index is 0.533. The van der Waals surface area contributed by atoms with E-state index < -0.39 is 0 Å². The summed E-state index contributed by atoms with van der Waals surface area (Å²) in [5, 5.41) is 7.00. The summed E-state index contributed by atoms with van der Waals surface area (Å²) >= 11 is 0. The van der Waals surface area contributed by atoms with Crippen LogP contribution in [0.5, 0.6) is 0 Å². The number of nitrogens with zero attached hydrogens (tertiary/aromatic N) is 3. The number of imidazole rings is 1. The van der Waals surface area contributed by atoms with Crippen LogP contribution in [0.2, 0.25) is 0 Å². The number of benzene rings is 2. The number of aryl methyl sites for hydroxylation is 2. The maximum Gasteiger partial charge on any atom is 0.150 e. The van der Waals surface area contributed by atoms with Crippen molar-refractivity contribution in [2.24, 2.45) is 0 Å². The van der Waals surface area contributed by atoms with Gasteiger partial charge in [0.2, 0.25) is 0 Å². The topological polar surface area (TPSA) is 76.4 Å². The first-order valence-electron chi connectivity index (χ1n) is 10.9. The van der Waals surface area contributed by atoms with E-state index in [1.807, 2.05) is 30.5 Å². The lowest BCUT2D eigenvalue weighted by Gasteiger charge is -2.23. The van der Waals surface area contributed by atoms with Crippen LogP contribution >= 0.6 is 0 Å². The van der Waals surface area contributed by atoms with E-state index in [4.69, 9.17) is 15.8 Å². The number of aliphatic hydroxyl groups excluding tert-OH is 1. The minimum Gasteiger partial charge on any atom is -0.400 e. The van der Waals surface area contributed by atoms with Crippen LogP contribution in [0, 0.1) is 13.8 Å². The van der Waals surface area contributed by atoms with Crippen molar-refractivity contribution in [3.05, 3.63) is 90.0 Å². The molecule has 0 spiro atoms. The Hall–Kier alpha value is -3.44. The lowest BCUT2D eigenvalue weighted by Crippen LogP contribution is -2.12. The van der Waals surface area contributed by atoms with Gasteiger partial charge in [-0.1, -0.05) is 67.1 Å². The highest BCUT2D eigenvalue weighted by Crippen LogP contribution is 2.39. The highest BCUT2D eigenvalue weighted by Gasteiger charge is 2.26. The highest BCUT2D eigenvalue weighted by molar-refractivity contribution is 5.86. The summed E-state index contributed by atoms with van der Waals surface area (Å²) in [7, 11) is 1.00. The van der Waals surface area contributed by atoms with Crippen LogP contribution in [0.15, 0.2) is 67.5 Å². The van der Waals surface area contributed by atoms with E-state index >= 15 is 0 Å². The summed E-state index contributed by atoms with van der Waals surface area (Å²) in [5.41, 5.74) is 12.7. The number of nitrogen functional groups attached to an aromatic ring is 1. The van der Waals surface area contributed by atoms with Gasteiger partial charge in [-0.3, -0.25) is 4.40 Å². The molecule has 0 saturated heterocycles. The van der Waals surface area contributed by atoms with Crippen LogP contribution in [-0.4, -0.2) is 26.6 Å². The van der Waals surface area contributed by atoms with Crippen LogP contribution in [0.3, 0.4) is 0 Å². The van der Waals surface area contributed by atoms with Gasteiger partial charge in [0.25, 0.3) is 0 Å². The Morgan fingerprint density at radius 2 is 1.81 bits per heavy atom. The Labute approximate surface area is 190 Å². The van der Waals surface area contributed by atoms with E-state index in [1.165, 1.54) is 30.4 Å². The fourth-order valence-electron chi connectivity index (χ4n) is 3.83. The average Bonchev–Trinajstić information content (AvgIpc) is 3.15. The average molecular weight is 429 g/mol. The molecule has 1 aliphatic carbocycles. The van der Waals surface area contributed by atoms with E-state index in [0.29, 0.717) is 11.7 Å². The van der Waals surface area contributed by atoms with Crippen LogP contribution in [-0.2, 0) is 0 Å². The summed E-state index contributed by atoms with van der Waals surface area (Å²) in [5.74, 6) is 2.18. The monoisotopic (exact) mass is 428 g/mol. The zero-order chi connectivity index (χ0) is 23.1. The van der Waals surface area contributed by atoms with Gasteiger partial charge in [-0.15, -0.1) is 0 Å². The number of hydrogen-bond donors (Lipinski definition) is 2. The molecular formula is C27H32N4O. The van der Waals surface area contributed by atoms with Crippen LogP contribution in [0.25, 0.3) is 22.9 Å². The number of hydrogen-bond acceptors (Lipinski definition) is 4. The Morgan fingerprint density at radius 1 is 1.09 bits per heavy atom. The van der Waals surface area contributed by atoms with Gasteiger partial charge in [-0.2, -0.15) is 0 Å². The number of aromatic nitrogens is 3. The Balaban J connectivity index is 0.000000272. The van der Waals surface area contributed by atoms with Crippen molar-refractivity contribution in [1.82, 2.24) is 14.4 Å².